The summed E-state index contributed by atoms with van der Waals surface area (Å²) in [6, 6.07) is 15.8. The average molecular weight is 284 g/mol. The molecule has 1 aliphatic heterocycles. The van der Waals surface area contributed by atoms with Gasteiger partial charge in [-0.05, 0) is 35.9 Å². The Balaban J connectivity index is 1.91. The highest BCUT2D eigenvalue weighted by Gasteiger charge is 2.34. The summed E-state index contributed by atoms with van der Waals surface area (Å²) < 4.78 is 24.1. The van der Waals surface area contributed by atoms with Gasteiger partial charge in [-0.15, -0.1) is 0 Å². The van der Waals surface area contributed by atoms with E-state index in [1.54, 1.807) is 36.4 Å². The number of rotatable bonds is 2. The van der Waals surface area contributed by atoms with Crippen molar-refractivity contribution >= 4 is 15.5 Å². The summed E-state index contributed by atoms with van der Waals surface area (Å²) in [4.78, 5) is 0.408. The van der Waals surface area contributed by atoms with Gasteiger partial charge >= 0.3 is 0 Å². The first-order chi connectivity index (χ1) is 9.60. The van der Waals surface area contributed by atoms with E-state index in [0.717, 1.165) is 11.3 Å². The highest BCUT2D eigenvalue weighted by molar-refractivity contribution is 7.91. The molecule has 0 fully saturated rings. The van der Waals surface area contributed by atoms with Crippen LogP contribution in [0.15, 0.2) is 53.4 Å². The van der Waals surface area contributed by atoms with Crippen LogP contribution in [-0.2, 0) is 9.84 Å². The van der Waals surface area contributed by atoms with Crippen molar-refractivity contribution in [3.05, 3.63) is 59.7 Å². The minimum absolute atomic E-state index is 0.0619. The predicted octanol–water partition coefficient (Wildman–Crippen LogP) is 2.50. The molecule has 1 unspecified atom stereocenters. The van der Waals surface area contributed by atoms with Gasteiger partial charge in [0.15, 0.2) is 9.84 Å². The Labute approximate surface area is 117 Å². The molecule has 1 atom stereocenters. The van der Waals surface area contributed by atoms with Crippen molar-refractivity contribution in [1.82, 2.24) is 0 Å². The molecule has 100 valence electrons. The smallest absolute Gasteiger partial charge is 0.181 e. The fourth-order valence-electron chi connectivity index (χ4n) is 2.41. The normalized spacial score (nSPS) is 19.1. The zero-order chi connectivity index (χ0) is 14.2. The number of nitrogens with zero attached hydrogens (tertiary/aromatic N) is 1. The molecule has 20 heavy (non-hydrogen) atoms. The quantitative estimate of drug-likeness (QED) is 0.919. The van der Waals surface area contributed by atoms with Crippen molar-refractivity contribution in [2.45, 2.75) is 10.9 Å². The molecule has 1 heterocycles. The Kier molecular flexibility index (Phi) is 2.96. The molecular weight excluding hydrogens is 272 g/mol. The summed E-state index contributed by atoms with van der Waals surface area (Å²) >= 11 is 0. The van der Waals surface area contributed by atoms with Gasteiger partial charge in [0.1, 0.15) is 0 Å². The second-order valence-corrected chi connectivity index (χ2v) is 6.71. The number of anilines is 1. The lowest BCUT2D eigenvalue weighted by Gasteiger charge is -2.14. The number of nitrogens with one attached hydrogen (secondary N) is 1. The maximum Gasteiger partial charge on any atom is 0.181 e. The number of nitriles is 1. The summed E-state index contributed by atoms with van der Waals surface area (Å²) in [5, 5.41) is 12.0. The van der Waals surface area contributed by atoms with E-state index in [1.807, 2.05) is 12.1 Å². The first-order valence-electron chi connectivity index (χ1n) is 6.18. The molecule has 0 radical (unpaired) electrons. The van der Waals surface area contributed by atoms with Crippen molar-refractivity contribution in [2.75, 3.05) is 11.1 Å². The predicted molar refractivity (Wildman–Crippen MR) is 76.0 cm³/mol. The van der Waals surface area contributed by atoms with Crippen molar-refractivity contribution in [3.8, 4) is 6.07 Å². The Morgan fingerprint density at radius 3 is 2.50 bits per heavy atom. The molecular formula is C15H12N2O2S. The van der Waals surface area contributed by atoms with E-state index in [2.05, 4.69) is 11.4 Å². The highest BCUT2D eigenvalue weighted by atomic mass is 32.2. The Morgan fingerprint density at radius 1 is 1.10 bits per heavy atom. The third-order valence-electron chi connectivity index (χ3n) is 3.37. The minimum atomic E-state index is -3.20. The van der Waals surface area contributed by atoms with Crippen LogP contribution in [0.1, 0.15) is 17.2 Å². The lowest BCUT2D eigenvalue weighted by molar-refractivity contribution is 0.598. The van der Waals surface area contributed by atoms with Crippen LogP contribution in [-0.4, -0.2) is 14.2 Å². The van der Waals surface area contributed by atoms with Crippen molar-refractivity contribution in [1.29, 1.82) is 5.26 Å². The number of sulfone groups is 1. The molecule has 2 aromatic rings. The zero-order valence-electron chi connectivity index (χ0n) is 10.6. The maximum absolute atomic E-state index is 12.1. The molecule has 0 saturated heterocycles. The molecule has 5 heteroatoms. The second kappa shape index (κ2) is 4.66. The van der Waals surface area contributed by atoms with Crippen molar-refractivity contribution in [3.63, 3.8) is 0 Å². The number of hydrogen-bond donors (Lipinski definition) is 1. The molecule has 0 amide bonds. The number of hydrogen-bond acceptors (Lipinski definition) is 4. The number of benzene rings is 2. The molecule has 3 rings (SSSR count). The van der Waals surface area contributed by atoms with E-state index in [0.29, 0.717) is 10.5 Å². The van der Waals surface area contributed by atoms with Crippen molar-refractivity contribution in [2.24, 2.45) is 0 Å². The lowest BCUT2D eigenvalue weighted by Crippen LogP contribution is -2.12. The molecule has 0 saturated carbocycles. The van der Waals surface area contributed by atoms with Crippen LogP contribution in [0, 0.1) is 11.3 Å². The zero-order valence-corrected chi connectivity index (χ0v) is 11.4. The third-order valence-corrected chi connectivity index (χ3v) is 5.18. The summed E-state index contributed by atoms with van der Waals surface area (Å²) in [6.45, 7) is 0. The van der Waals surface area contributed by atoms with Gasteiger partial charge in [-0.25, -0.2) is 8.42 Å². The van der Waals surface area contributed by atoms with Gasteiger partial charge in [-0.2, -0.15) is 5.26 Å². The minimum Gasteiger partial charge on any atom is -0.377 e. The Morgan fingerprint density at radius 2 is 1.80 bits per heavy atom. The van der Waals surface area contributed by atoms with E-state index >= 15 is 0 Å². The van der Waals surface area contributed by atoms with E-state index in [4.69, 9.17) is 5.26 Å². The van der Waals surface area contributed by atoms with Gasteiger partial charge in [0, 0.05) is 5.69 Å². The standard InChI is InChI=1S/C15H12N2O2S/c16-9-11-5-7-12(8-6-11)17-14-10-20(18,19)15-4-2-1-3-13(14)15/h1-8,14,17H,10H2. The van der Waals surface area contributed by atoms with E-state index in [1.165, 1.54) is 0 Å². The fourth-order valence-corrected chi connectivity index (χ4v) is 4.15. The third kappa shape index (κ3) is 2.15. The summed E-state index contributed by atoms with van der Waals surface area (Å²) in [5.41, 5.74) is 2.19. The van der Waals surface area contributed by atoms with Crippen LogP contribution in [0.3, 0.4) is 0 Å². The van der Waals surface area contributed by atoms with E-state index < -0.39 is 9.84 Å². The Hall–Kier alpha value is -2.32. The van der Waals surface area contributed by atoms with Crippen LogP contribution in [0.2, 0.25) is 0 Å². The summed E-state index contributed by atoms with van der Waals surface area (Å²) in [6.07, 6.45) is 0. The van der Waals surface area contributed by atoms with Crippen LogP contribution >= 0.6 is 0 Å². The average Bonchev–Trinajstić information content (AvgIpc) is 2.72. The van der Waals surface area contributed by atoms with Gasteiger partial charge in [-0.3, -0.25) is 0 Å². The summed E-state index contributed by atoms with van der Waals surface area (Å²) in [5.74, 6) is 0.0619. The van der Waals surface area contributed by atoms with Crippen LogP contribution in [0.25, 0.3) is 0 Å². The molecule has 0 aromatic heterocycles. The molecule has 0 aliphatic carbocycles. The molecule has 1 aliphatic rings. The second-order valence-electron chi connectivity index (χ2n) is 4.71. The molecule has 1 N–H and O–H groups in total. The van der Waals surface area contributed by atoms with Crippen LogP contribution < -0.4 is 5.32 Å². The number of fused-ring (bicyclic) bond motifs is 1. The van der Waals surface area contributed by atoms with E-state index in [-0.39, 0.29) is 11.8 Å². The first-order valence-corrected chi connectivity index (χ1v) is 7.84. The topological polar surface area (TPSA) is 70.0 Å². The molecule has 4 nitrogen and oxygen atoms in total. The van der Waals surface area contributed by atoms with E-state index in [9.17, 15) is 8.42 Å². The Bertz CT molecular complexity index is 789. The van der Waals surface area contributed by atoms with Gasteiger partial charge in [0.25, 0.3) is 0 Å². The van der Waals surface area contributed by atoms with Gasteiger partial charge < -0.3 is 5.32 Å². The van der Waals surface area contributed by atoms with Gasteiger partial charge in [-0.1, -0.05) is 18.2 Å². The molecule has 0 spiro atoms. The SMILES string of the molecule is N#Cc1ccc(NC2CS(=O)(=O)c3ccccc32)cc1. The largest absolute Gasteiger partial charge is 0.377 e. The first kappa shape index (κ1) is 12.7. The fraction of sp³-hybridized carbons (Fsp3) is 0.133. The lowest BCUT2D eigenvalue weighted by atomic mass is 10.1. The van der Waals surface area contributed by atoms with Crippen LogP contribution in [0.5, 0.6) is 0 Å². The molecule has 2 aromatic carbocycles. The monoisotopic (exact) mass is 284 g/mol. The summed E-state index contributed by atoms with van der Waals surface area (Å²) in [7, 11) is -3.20. The van der Waals surface area contributed by atoms with Crippen molar-refractivity contribution < 1.29 is 8.42 Å². The molecule has 0 bridgehead atoms. The van der Waals surface area contributed by atoms with Crippen LogP contribution in [0.4, 0.5) is 5.69 Å². The maximum atomic E-state index is 12.1. The van der Waals surface area contributed by atoms with Gasteiger partial charge in [0.2, 0.25) is 0 Å². The highest BCUT2D eigenvalue weighted by Crippen LogP contribution is 2.35. The van der Waals surface area contributed by atoms with Gasteiger partial charge in [0.05, 0.1) is 28.3 Å².